The van der Waals surface area contributed by atoms with E-state index in [1.165, 1.54) is 18.4 Å². The first-order valence-corrected chi connectivity index (χ1v) is 7.46. The first-order chi connectivity index (χ1) is 9.51. The highest BCUT2D eigenvalue weighted by Gasteiger charge is 2.30. The van der Waals surface area contributed by atoms with Crippen LogP contribution in [0.15, 0.2) is 18.3 Å². The minimum absolute atomic E-state index is 0.115. The van der Waals surface area contributed by atoms with Crippen molar-refractivity contribution in [3.63, 3.8) is 0 Å². The van der Waals surface area contributed by atoms with Crippen LogP contribution >= 0.6 is 0 Å². The lowest BCUT2D eigenvalue weighted by molar-refractivity contribution is 0.204. The second-order valence-electron chi connectivity index (χ2n) is 6.51. The van der Waals surface area contributed by atoms with Crippen molar-refractivity contribution in [3.05, 3.63) is 23.9 Å². The predicted octanol–water partition coefficient (Wildman–Crippen LogP) is 2.58. The van der Waals surface area contributed by atoms with Crippen molar-refractivity contribution in [3.8, 4) is 0 Å². The van der Waals surface area contributed by atoms with Crippen molar-refractivity contribution >= 4 is 5.82 Å². The van der Waals surface area contributed by atoms with E-state index in [-0.39, 0.29) is 5.54 Å². The second kappa shape index (κ2) is 6.55. The van der Waals surface area contributed by atoms with Crippen LogP contribution < -0.4 is 10.2 Å². The Morgan fingerprint density at radius 1 is 1.40 bits per heavy atom. The zero-order chi connectivity index (χ0) is 14.6. The Hall–Kier alpha value is -1.13. The molecule has 0 bridgehead atoms. The number of nitrogens with one attached hydrogen (secondary N) is 1. The van der Waals surface area contributed by atoms with Crippen LogP contribution in [-0.2, 0) is 11.3 Å². The molecule has 1 heterocycles. The van der Waals surface area contributed by atoms with Crippen LogP contribution in [-0.4, -0.2) is 36.8 Å². The summed E-state index contributed by atoms with van der Waals surface area (Å²) in [6, 6.07) is 4.84. The average Bonchev–Trinajstić information content (AvgIpc) is 3.22. The molecule has 112 valence electrons. The summed E-state index contributed by atoms with van der Waals surface area (Å²) in [5.41, 5.74) is 1.38. The summed E-state index contributed by atoms with van der Waals surface area (Å²) in [7, 11) is 1.76. The number of hydrogen-bond donors (Lipinski definition) is 1. The van der Waals surface area contributed by atoms with Crippen LogP contribution in [0.25, 0.3) is 0 Å². The molecular weight excluding hydrogens is 250 g/mol. The Morgan fingerprint density at radius 3 is 2.75 bits per heavy atom. The molecule has 4 nitrogen and oxygen atoms in total. The van der Waals surface area contributed by atoms with Crippen molar-refractivity contribution in [1.29, 1.82) is 0 Å². The van der Waals surface area contributed by atoms with Gasteiger partial charge in [-0.1, -0.05) is 6.07 Å². The number of nitrogens with zero attached hydrogens (tertiary/aromatic N) is 2. The van der Waals surface area contributed by atoms with E-state index in [0.717, 1.165) is 25.5 Å². The lowest BCUT2D eigenvalue weighted by Crippen LogP contribution is -2.36. The topological polar surface area (TPSA) is 37.4 Å². The molecule has 4 heteroatoms. The molecule has 20 heavy (non-hydrogen) atoms. The standard InChI is InChI=1S/C16H27N3O/c1-16(2,3)18-12-13-6-5-9-17-15(13)19(10-11-20-4)14-7-8-14/h5-6,9,14,18H,7-8,10-12H2,1-4H3. The average molecular weight is 277 g/mol. The van der Waals surface area contributed by atoms with Crippen LogP contribution in [0, 0.1) is 0 Å². The lowest BCUT2D eigenvalue weighted by atomic mass is 10.1. The fourth-order valence-corrected chi connectivity index (χ4v) is 2.22. The zero-order valence-corrected chi connectivity index (χ0v) is 13.1. The van der Waals surface area contributed by atoms with Gasteiger partial charge in [-0.2, -0.15) is 0 Å². The molecule has 1 N–H and O–H groups in total. The van der Waals surface area contributed by atoms with Gasteiger partial charge in [-0.05, 0) is 39.7 Å². The van der Waals surface area contributed by atoms with Crippen molar-refractivity contribution in [1.82, 2.24) is 10.3 Å². The summed E-state index contributed by atoms with van der Waals surface area (Å²) in [6.07, 6.45) is 4.43. The minimum atomic E-state index is 0.115. The van der Waals surface area contributed by atoms with Gasteiger partial charge in [0.25, 0.3) is 0 Å². The molecule has 1 aromatic heterocycles. The van der Waals surface area contributed by atoms with E-state index in [1.807, 2.05) is 12.3 Å². The number of ether oxygens (including phenoxy) is 1. The molecule has 1 aliphatic carbocycles. The molecule has 0 aliphatic heterocycles. The molecule has 0 amide bonds. The monoisotopic (exact) mass is 277 g/mol. The van der Waals surface area contributed by atoms with E-state index in [4.69, 9.17) is 4.74 Å². The molecule has 0 unspecified atom stereocenters. The van der Waals surface area contributed by atoms with Gasteiger partial charge in [-0.3, -0.25) is 0 Å². The second-order valence-corrected chi connectivity index (χ2v) is 6.51. The Morgan fingerprint density at radius 2 is 2.15 bits per heavy atom. The van der Waals surface area contributed by atoms with Gasteiger partial charge in [-0.15, -0.1) is 0 Å². The van der Waals surface area contributed by atoms with E-state index < -0.39 is 0 Å². The first-order valence-electron chi connectivity index (χ1n) is 7.46. The smallest absolute Gasteiger partial charge is 0.133 e. The van der Waals surface area contributed by atoms with Crippen molar-refractivity contribution < 1.29 is 4.74 Å². The third kappa shape index (κ3) is 4.46. The van der Waals surface area contributed by atoms with Crippen LogP contribution in [0.2, 0.25) is 0 Å². The Labute approximate surface area is 122 Å². The number of aromatic nitrogens is 1. The van der Waals surface area contributed by atoms with Gasteiger partial charge in [0.2, 0.25) is 0 Å². The number of hydrogen-bond acceptors (Lipinski definition) is 4. The molecule has 0 spiro atoms. The maximum atomic E-state index is 5.24. The van der Waals surface area contributed by atoms with Crippen LogP contribution in [0.4, 0.5) is 5.82 Å². The largest absolute Gasteiger partial charge is 0.383 e. The normalized spacial score (nSPS) is 15.4. The highest BCUT2D eigenvalue weighted by atomic mass is 16.5. The Balaban J connectivity index is 2.12. The van der Waals surface area contributed by atoms with E-state index in [1.54, 1.807) is 7.11 Å². The van der Waals surface area contributed by atoms with Gasteiger partial charge < -0.3 is 15.0 Å². The first kappa shape index (κ1) is 15.3. The fraction of sp³-hybridized carbons (Fsp3) is 0.688. The maximum absolute atomic E-state index is 5.24. The molecule has 2 rings (SSSR count). The van der Waals surface area contributed by atoms with Gasteiger partial charge in [0, 0.05) is 43.5 Å². The van der Waals surface area contributed by atoms with Gasteiger partial charge in [0.05, 0.1) is 6.61 Å². The summed E-state index contributed by atoms with van der Waals surface area (Å²) >= 11 is 0. The van der Waals surface area contributed by atoms with Crippen molar-refractivity contribution in [2.24, 2.45) is 0 Å². The molecule has 1 fully saturated rings. The third-order valence-corrected chi connectivity index (χ3v) is 3.47. The summed E-state index contributed by atoms with van der Waals surface area (Å²) in [5.74, 6) is 1.11. The van der Waals surface area contributed by atoms with Gasteiger partial charge >= 0.3 is 0 Å². The van der Waals surface area contributed by atoms with Gasteiger partial charge in [-0.25, -0.2) is 4.98 Å². The molecule has 0 aromatic carbocycles. The van der Waals surface area contributed by atoms with Gasteiger partial charge in [0.15, 0.2) is 0 Å². The summed E-state index contributed by atoms with van der Waals surface area (Å²) in [6.45, 7) is 9.08. The highest BCUT2D eigenvalue weighted by molar-refractivity contribution is 5.49. The minimum Gasteiger partial charge on any atom is -0.383 e. The summed E-state index contributed by atoms with van der Waals surface area (Å²) in [5, 5.41) is 3.55. The molecule has 1 aliphatic rings. The molecule has 0 saturated heterocycles. The number of anilines is 1. The van der Waals surface area contributed by atoms with Crippen LogP contribution in [0.1, 0.15) is 39.2 Å². The third-order valence-electron chi connectivity index (χ3n) is 3.47. The molecule has 0 atom stereocenters. The highest BCUT2D eigenvalue weighted by Crippen LogP contribution is 2.32. The molecular formula is C16H27N3O. The maximum Gasteiger partial charge on any atom is 0.133 e. The molecule has 1 saturated carbocycles. The van der Waals surface area contributed by atoms with Crippen molar-refractivity contribution in [2.75, 3.05) is 25.2 Å². The van der Waals surface area contributed by atoms with E-state index >= 15 is 0 Å². The van der Waals surface area contributed by atoms with Crippen molar-refractivity contribution in [2.45, 2.75) is 51.7 Å². The summed E-state index contributed by atoms with van der Waals surface area (Å²) in [4.78, 5) is 7.03. The quantitative estimate of drug-likeness (QED) is 0.831. The van der Waals surface area contributed by atoms with Crippen LogP contribution in [0.3, 0.4) is 0 Å². The predicted molar refractivity (Wildman–Crippen MR) is 83.1 cm³/mol. The number of rotatable bonds is 7. The molecule has 1 aromatic rings. The Kier molecular flexibility index (Phi) is 5.00. The van der Waals surface area contributed by atoms with E-state index in [9.17, 15) is 0 Å². The summed E-state index contributed by atoms with van der Waals surface area (Å²) < 4.78 is 5.24. The molecule has 0 radical (unpaired) electrons. The SMILES string of the molecule is COCCN(c1ncccc1CNC(C)(C)C)C1CC1. The Bertz CT molecular complexity index is 424. The van der Waals surface area contributed by atoms with Gasteiger partial charge in [0.1, 0.15) is 5.82 Å². The zero-order valence-electron chi connectivity index (χ0n) is 13.1. The number of pyridine rings is 1. The fourth-order valence-electron chi connectivity index (χ4n) is 2.22. The van der Waals surface area contributed by atoms with E-state index in [0.29, 0.717) is 6.04 Å². The number of methoxy groups -OCH3 is 1. The van der Waals surface area contributed by atoms with E-state index in [2.05, 4.69) is 42.0 Å². The lowest BCUT2D eigenvalue weighted by Gasteiger charge is -2.27. The van der Waals surface area contributed by atoms with Crippen LogP contribution in [0.5, 0.6) is 0 Å².